The number of nitrogens with one attached hydrogen (secondary N) is 2. The minimum absolute atomic E-state index is 0.214. The van der Waals surface area contributed by atoms with Gasteiger partial charge < -0.3 is 10.3 Å². The molecule has 1 aromatic heterocycles. The van der Waals surface area contributed by atoms with Gasteiger partial charge in [-0.05, 0) is 24.5 Å². The average molecular weight is 323 g/mol. The lowest BCUT2D eigenvalue weighted by Gasteiger charge is -2.30. The number of aromatic nitrogens is 2. The first kappa shape index (κ1) is 16.1. The summed E-state index contributed by atoms with van der Waals surface area (Å²) in [6, 6.07) is 5.81. The molecule has 0 bridgehead atoms. The fourth-order valence-electron chi connectivity index (χ4n) is 3.46. The zero-order valence-electron chi connectivity index (χ0n) is 12.8. The zero-order chi connectivity index (χ0) is 16.3. The Balaban J connectivity index is 1.77. The van der Waals surface area contributed by atoms with Gasteiger partial charge in [0.15, 0.2) is 0 Å². The number of hydrogen-bond acceptors (Lipinski definition) is 2. The molecule has 2 N–H and O–H groups in total. The summed E-state index contributed by atoms with van der Waals surface area (Å²) in [7, 11) is 0. The first-order valence-corrected chi connectivity index (χ1v) is 7.86. The topological polar surface area (TPSA) is 40.7 Å². The molecule has 0 aliphatic heterocycles. The summed E-state index contributed by atoms with van der Waals surface area (Å²) >= 11 is 0. The van der Waals surface area contributed by atoms with E-state index in [4.69, 9.17) is 0 Å². The summed E-state index contributed by atoms with van der Waals surface area (Å²) in [6.07, 6.45) is 3.10. The second-order valence-corrected chi connectivity index (χ2v) is 6.21. The van der Waals surface area contributed by atoms with E-state index in [2.05, 4.69) is 15.3 Å². The highest BCUT2D eigenvalue weighted by Crippen LogP contribution is 2.42. The molecular weight excluding hydrogens is 303 g/mol. The SMILES string of the molecule is FC(F)(F)c1cccc(C2(CNCc3ncc[nH]3)CCCC2)c1. The third-order valence-electron chi connectivity index (χ3n) is 4.67. The monoisotopic (exact) mass is 323 g/mol. The van der Waals surface area contributed by atoms with Gasteiger partial charge in [-0.3, -0.25) is 0 Å². The van der Waals surface area contributed by atoms with Crippen molar-refractivity contribution in [1.82, 2.24) is 15.3 Å². The fourth-order valence-corrected chi connectivity index (χ4v) is 3.46. The van der Waals surface area contributed by atoms with E-state index in [-0.39, 0.29) is 5.41 Å². The van der Waals surface area contributed by atoms with Crippen molar-refractivity contribution in [3.8, 4) is 0 Å². The Labute approximate surface area is 133 Å². The van der Waals surface area contributed by atoms with E-state index >= 15 is 0 Å². The molecule has 1 aliphatic carbocycles. The van der Waals surface area contributed by atoms with E-state index in [0.717, 1.165) is 43.1 Å². The molecule has 0 spiro atoms. The summed E-state index contributed by atoms with van der Waals surface area (Å²) in [5.74, 6) is 0.835. The predicted octanol–water partition coefficient (Wildman–Crippen LogP) is 4.03. The van der Waals surface area contributed by atoms with Crippen molar-refractivity contribution in [2.45, 2.75) is 43.8 Å². The molecule has 6 heteroatoms. The molecule has 1 aliphatic rings. The number of imidazole rings is 1. The molecule has 3 rings (SSSR count). The summed E-state index contributed by atoms with van der Waals surface area (Å²) in [4.78, 5) is 7.18. The highest BCUT2D eigenvalue weighted by molar-refractivity contribution is 5.33. The van der Waals surface area contributed by atoms with E-state index < -0.39 is 11.7 Å². The molecule has 0 radical (unpaired) electrons. The van der Waals surface area contributed by atoms with E-state index in [9.17, 15) is 13.2 Å². The molecule has 1 heterocycles. The van der Waals surface area contributed by atoms with Crippen molar-refractivity contribution in [3.05, 3.63) is 53.6 Å². The normalized spacial score (nSPS) is 17.5. The highest BCUT2D eigenvalue weighted by atomic mass is 19.4. The van der Waals surface area contributed by atoms with Crippen molar-refractivity contribution in [2.24, 2.45) is 0 Å². The second-order valence-electron chi connectivity index (χ2n) is 6.21. The van der Waals surface area contributed by atoms with Gasteiger partial charge >= 0.3 is 6.18 Å². The van der Waals surface area contributed by atoms with Gasteiger partial charge in [-0.2, -0.15) is 13.2 Å². The summed E-state index contributed by atoms with van der Waals surface area (Å²) in [5.41, 5.74) is 0.0116. The molecule has 1 saturated carbocycles. The van der Waals surface area contributed by atoms with Crippen LogP contribution in [0.4, 0.5) is 13.2 Å². The van der Waals surface area contributed by atoms with Gasteiger partial charge in [0.2, 0.25) is 0 Å². The predicted molar refractivity (Wildman–Crippen MR) is 81.9 cm³/mol. The van der Waals surface area contributed by atoms with E-state index in [1.165, 1.54) is 12.1 Å². The molecule has 0 unspecified atom stereocenters. The van der Waals surface area contributed by atoms with Gasteiger partial charge in [-0.15, -0.1) is 0 Å². The lowest BCUT2D eigenvalue weighted by Crippen LogP contribution is -2.36. The van der Waals surface area contributed by atoms with Crippen LogP contribution in [0.15, 0.2) is 36.7 Å². The number of halogens is 3. The van der Waals surface area contributed by atoms with Crippen LogP contribution in [-0.4, -0.2) is 16.5 Å². The maximum Gasteiger partial charge on any atom is 0.416 e. The minimum atomic E-state index is -4.29. The van der Waals surface area contributed by atoms with Crippen LogP contribution in [0.5, 0.6) is 0 Å². The molecular formula is C17H20F3N3. The average Bonchev–Trinajstić information content (AvgIpc) is 3.19. The summed E-state index contributed by atoms with van der Waals surface area (Å²) in [5, 5.41) is 3.35. The molecule has 2 aromatic rings. The summed E-state index contributed by atoms with van der Waals surface area (Å²) in [6.45, 7) is 1.25. The van der Waals surface area contributed by atoms with Gasteiger partial charge in [0.05, 0.1) is 12.1 Å². The van der Waals surface area contributed by atoms with Crippen molar-refractivity contribution in [2.75, 3.05) is 6.54 Å². The Hall–Kier alpha value is -1.82. The van der Waals surface area contributed by atoms with E-state index in [1.807, 2.05) is 6.07 Å². The quantitative estimate of drug-likeness (QED) is 0.872. The van der Waals surface area contributed by atoms with Crippen molar-refractivity contribution in [1.29, 1.82) is 0 Å². The smallest absolute Gasteiger partial charge is 0.348 e. The number of nitrogens with zero attached hydrogens (tertiary/aromatic N) is 1. The number of benzene rings is 1. The number of rotatable bonds is 5. The molecule has 0 amide bonds. The lowest BCUT2D eigenvalue weighted by atomic mass is 9.78. The van der Waals surface area contributed by atoms with Gasteiger partial charge in [-0.25, -0.2) is 4.98 Å². The van der Waals surface area contributed by atoms with Crippen LogP contribution in [0.25, 0.3) is 0 Å². The second kappa shape index (κ2) is 6.35. The van der Waals surface area contributed by atoms with Crippen molar-refractivity contribution in [3.63, 3.8) is 0 Å². The van der Waals surface area contributed by atoms with Crippen LogP contribution >= 0.6 is 0 Å². The fraction of sp³-hybridized carbons (Fsp3) is 0.471. The van der Waals surface area contributed by atoms with Gasteiger partial charge in [-0.1, -0.05) is 31.0 Å². The van der Waals surface area contributed by atoms with Crippen LogP contribution in [0.2, 0.25) is 0 Å². The first-order chi connectivity index (χ1) is 11.0. The van der Waals surface area contributed by atoms with Crippen molar-refractivity contribution >= 4 is 0 Å². The lowest BCUT2D eigenvalue weighted by molar-refractivity contribution is -0.137. The van der Waals surface area contributed by atoms with Gasteiger partial charge in [0, 0.05) is 24.4 Å². The molecule has 0 atom stereocenters. The zero-order valence-corrected chi connectivity index (χ0v) is 12.8. The van der Waals surface area contributed by atoms with Crippen molar-refractivity contribution < 1.29 is 13.2 Å². The Kier molecular flexibility index (Phi) is 4.43. The van der Waals surface area contributed by atoms with Crippen LogP contribution in [0, 0.1) is 0 Å². The molecule has 23 heavy (non-hydrogen) atoms. The van der Waals surface area contributed by atoms with Gasteiger partial charge in [0.25, 0.3) is 0 Å². The number of hydrogen-bond donors (Lipinski definition) is 2. The molecule has 1 aromatic carbocycles. The molecule has 124 valence electrons. The van der Waals surface area contributed by atoms with Crippen LogP contribution in [-0.2, 0) is 18.1 Å². The Bertz CT molecular complexity index is 629. The largest absolute Gasteiger partial charge is 0.416 e. The Morgan fingerprint density at radius 2 is 2.00 bits per heavy atom. The van der Waals surface area contributed by atoms with Crippen LogP contribution in [0.3, 0.4) is 0 Å². The third-order valence-corrected chi connectivity index (χ3v) is 4.67. The number of H-pyrrole nitrogens is 1. The van der Waals surface area contributed by atoms with Crippen LogP contribution < -0.4 is 5.32 Å². The highest BCUT2D eigenvalue weighted by Gasteiger charge is 2.37. The molecule has 0 saturated heterocycles. The Morgan fingerprint density at radius 3 is 2.65 bits per heavy atom. The third kappa shape index (κ3) is 3.58. The first-order valence-electron chi connectivity index (χ1n) is 7.86. The number of alkyl halides is 3. The standard InChI is InChI=1S/C17H20F3N3/c18-17(19,20)14-5-3-4-13(10-14)16(6-1-2-7-16)12-21-11-15-22-8-9-23-15/h3-5,8-10,21H,1-2,6-7,11-12H2,(H,22,23). The van der Waals surface area contributed by atoms with Crippen LogP contribution in [0.1, 0.15) is 42.6 Å². The minimum Gasteiger partial charge on any atom is -0.348 e. The molecule has 1 fully saturated rings. The Morgan fingerprint density at radius 1 is 1.22 bits per heavy atom. The summed E-state index contributed by atoms with van der Waals surface area (Å²) < 4.78 is 39.0. The van der Waals surface area contributed by atoms with E-state index in [0.29, 0.717) is 13.1 Å². The van der Waals surface area contributed by atoms with Gasteiger partial charge in [0.1, 0.15) is 5.82 Å². The van der Waals surface area contributed by atoms with E-state index in [1.54, 1.807) is 12.4 Å². The molecule has 3 nitrogen and oxygen atoms in total. The maximum atomic E-state index is 13.0. The maximum absolute atomic E-state index is 13.0. The number of aromatic amines is 1.